The zero-order valence-electron chi connectivity index (χ0n) is 8.44. The number of para-hydroxylation sites is 1. The topological polar surface area (TPSA) is 52.8 Å². The SMILES string of the molecule is C=C(C)C.ON=Cc1ccccc1O. The monoisotopic (exact) mass is 193 g/mol. The van der Waals surface area contributed by atoms with E-state index in [9.17, 15) is 0 Å². The summed E-state index contributed by atoms with van der Waals surface area (Å²) in [5.41, 5.74) is 1.67. The van der Waals surface area contributed by atoms with Gasteiger partial charge in [0.05, 0.1) is 6.21 Å². The molecule has 0 saturated carbocycles. The van der Waals surface area contributed by atoms with Gasteiger partial charge in [0.2, 0.25) is 0 Å². The van der Waals surface area contributed by atoms with Crippen LogP contribution in [0.1, 0.15) is 19.4 Å². The maximum Gasteiger partial charge on any atom is 0.124 e. The fourth-order valence-corrected chi connectivity index (χ4v) is 0.659. The van der Waals surface area contributed by atoms with Gasteiger partial charge in [0, 0.05) is 5.56 Å². The van der Waals surface area contributed by atoms with Crippen molar-refractivity contribution in [3.05, 3.63) is 42.0 Å². The van der Waals surface area contributed by atoms with Gasteiger partial charge in [-0.2, -0.15) is 0 Å². The average molecular weight is 193 g/mol. The van der Waals surface area contributed by atoms with Gasteiger partial charge in [-0.25, -0.2) is 0 Å². The lowest BCUT2D eigenvalue weighted by Gasteiger charge is -1.93. The second-order valence-corrected chi connectivity index (χ2v) is 3.01. The minimum absolute atomic E-state index is 0.111. The molecule has 0 spiro atoms. The van der Waals surface area contributed by atoms with Crippen molar-refractivity contribution < 1.29 is 10.3 Å². The number of hydrogen-bond donors (Lipinski definition) is 2. The first-order chi connectivity index (χ1) is 6.57. The highest BCUT2D eigenvalue weighted by atomic mass is 16.4. The molecular weight excluding hydrogens is 178 g/mol. The third kappa shape index (κ3) is 5.83. The van der Waals surface area contributed by atoms with Crippen molar-refractivity contribution in [1.29, 1.82) is 0 Å². The molecular formula is C11H15NO2. The van der Waals surface area contributed by atoms with E-state index in [-0.39, 0.29) is 5.75 Å². The van der Waals surface area contributed by atoms with E-state index in [1.165, 1.54) is 17.9 Å². The number of phenolic OH excluding ortho intramolecular Hbond substituents is 1. The minimum Gasteiger partial charge on any atom is -0.507 e. The summed E-state index contributed by atoms with van der Waals surface area (Å²) in [4.78, 5) is 0. The van der Waals surface area contributed by atoms with Gasteiger partial charge in [0.1, 0.15) is 5.75 Å². The van der Waals surface area contributed by atoms with Crippen LogP contribution in [-0.4, -0.2) is 16.5 Å². The second-order valence-electron chi connectivity index (χ2n) is 3.01. The number of aromatic hydroxyl groups is 1. The number of benzene rings is 1. The van der Waals surface area contributed by atoms with Gasteiger partial charge in [0.25, 0.3) is 0 Å². The molecule has 0 aliphatic carbocycles. The first-order valence-corrected chi connectivity index (χ1v) is 4.15. The number of oxime groups is 1. The van der Waals surface area contributed by atoms with Gasteiger partial charge < -0.3 is 10.3 Å². The quantitative estimate of drug-likeness (QED) is 0.312. The maximum absolute atomic E-state index is 9.04. The molecule has 0 aromatic heterocycles. The summed E-state index contributed by atoms with van der Waals surface area (Å²) < 4.78 is 0. The second kappa shape index (κ2) is 6.71. The van der Waals surface area contributed by atoms with E-state index in [4.69, 9.17) is 10.3 Å². The number of allylic oxidation sites excluding steroid dienone is 1. The average Bonchev–Trinajstić information content (AvgIpc) is 2.08. The van der Waals surface area contributed by atoms with E-state index < -0.39 is 0 Å². The van der Waals surface area contributed by atoms with Crippen molar-refractivity contribution in [2.75, 3.05) is 0 Å². The van der Waals surface area contributed by atoms with Crippen LogP contribution in [0.25, 0.3) is 0 Å². The predicted molar refractivity (Wildman–Crippen MR) is 58.0 cm³/mol. The molecule has 3 nitrogen and oxygen atoms in total. The lowest BCUT2D eigenvalue weighted by molar-refractivity contribution is 0.321. The highest BCUT2D eigenvalue weighted by molar-refractivity contribution is 5.82. The Morgan fingerprint density at radius 1 is 1.36 bits per heavy atom. The van der Waals surface area contributed by atoms with E-state index in [0.717, 1.165) is 0 Å². The number of hydrogen-bond acceptors (Lipinski definition) is 3. The minimum atomic E-state index is 0.111. The van der Waals surface area contributed by atoms with Crippen molar-refractivity contribution in [2.24, 2.45) is 5.16 Å². The first kappa shape index (κ1) is 12.2. The molecule has 0 heterocycles. The van der Waals surface area contributed by atoms with E-state index in [1.807, 2.05) is 13.8 Å². The smallest absolute Gasteiger partial charge is 0.124 e. The van der Waals surface area contributed by atoms with Crippen molar-refractivity contribution in [1.82, 2.24) is 0 Å². The molecule has 0 radical (unpaired) electrons. The lowest BCUT2D eigenvalue weighted by atomic mass is 10.2. The molecule has 0 aliphatic heterocycles. The molecule has 1 aromatic rings. The summed E-state index contributed by atoms with van der Waals surface area (Å²) in [5.74, 6) is 0.111. The summed E-state index contributed by atoms with van der Waals surface area (Å²) in [6.07, 6.45) is 1.18. The molecule has 2 N–H and O–H groups in total. The highest BCUT2D eigenvalue weighted by Crippen LogP contribution is 2.12. The Bertz CT molecular complexity index is 315. The van der Waals surface area contributed by atoms with Gasteiger partial charge in [-0.15, -0.1) is 6.58 Å². The Balaban J connectivity index is 0.000000364. The van der Waals surface area contributed by atoms with Crippen LogP contribution in [0.5, 0.6) is 5.75 Å². The van der Waals surface area contributed by atoms with Gasteiger partial charge in [-0.1, -0.05) is 22.9 Å². The fraction of sp³-hybridized carbons (Fsp3) is 0.182. The van der Waals surface area contributed by atoms with Gasteiger partial charge in [-0.3, -0.25) is 0 Å². The maximum atomic E-state index is 9.04. The Labute approximate surface area is 84.0 Å². The third-order valence-electron chi connectivity index (χ3n) is 1.13. The Hall–Kier alpha value is -1.77. The van der Waals surface area contributed by atoms with Crippen molar-refractivity contribution >= 4 is 6.21 Å². The molecule has 1 aromatic carbocycles. The molecule has 0 fully saturated rings. The molecule has 0 bridgehead atoms. The molecule has 76 valence electrons. The molecule has 0 saturated heterocycles. The van der Waals surface area contributed by atoms with Crippen molar-refractivity contribution in [3.63, 3.8) is 0 Å². The van der Waals surface area contributed by atoms with Crippen LogP contribution in [0.3, 0.4) is 0 Å². The Kier molecular flexibility index (Phi) is 5.87. The normalized spacial score (nSPS) is 9.29. The number of phenols is 1. The van der Waals surface area contributed by atoms with Gasteiger partial charge in [0.15, 0.2) is 0 Å². The Morgan fingerprint density at radius 2 is 1.86 bits per heavy atom. The lowest BCUT2D eigenvalue weighted by Crippen LogP contribution is -1.79. The summed E-state index contributed by atoms with van der Waals surface area (Å²) in [7, 11) is 0. The van der Waals surface area contributed by atoms with E-state index in [1.54, 1.807) is 18.2 Å². The molecule has 1 rings (SSSR count). The molecule has 3 heteroatoms. The molecule has 0 amide bonds. The summed E-state index contributed by atoms with van der Waals surface area (Å²) in [6.45, 7) is 7.50. The zero-order chi connectivity index (χ0) is 11.0. The highest BCUT2D eigenvalue weighted by Gasteiger charge is 1.92. The van der Waals surface area contributed by atoms with Crippen LogP contribution in [0.4, 0.5) is 0 Å². The number of nitrogens with zero attached hydrogens (tertiary/aromatic N) is 1. The van der Waals surface area contributed by atoms with Gasteiger partial charge >= 0.3 is 0 Å². The van der Waals surface area contributed by atoms with Gasteiger partial charge in [-0.05, 0) is 26.0 Å². The van der Waals surface area contributed by atoms with Crippen LogP contribution >= 0.6 is 0 Å². The van der Waals surface area contributed by atoms with Crippen LogP contribution in [0.2, 0.25) is 0 Å². The molecule has 14 heavy (non-hydrogen) atoms. The summed E-state index contributed by atoms with van der Waals surface area (Å²) in [6, 6.07) is 6.62. The molecule has 0 unspecified atom stereocenters. The van der Waals surface area contributed by atoms with Crippen LogP contribution in [0, 0.1) is 0 Å². The van der Waals surface area contributed by atoms with Crippen LogP contribution in [-0.2, 0) is 0 Å². The van der Waals surface area contributed by atoms with Crippen molar-refractivity contribution in [3.8, 4) is 5.75 Å². The summed E-state index contributed by atoms with van der Waals surface area (Å²) >= 11 is 0. The molecule has 0 aliphatic rings. The Morgan fingerprint density at radius 3 is 2.29 bits per heavy atom. The molecule has 0 atom stereocenters. The zero-order valence-corrected chi connectivity index (χ0v) is 8.44. The van der Waals surface area contributed by atoms with Crippen LogP contribution < -0.4 is 0 Å². The fourth-order valence-electron chi connectivity index (χ4n) is 0.659. The van der Waals surface area contributed by atoms with Crippen molar-refractivity contribution in [2.45, 2.75) is 13.8 Å². The predicted octanol–water partition coefficient (Wildman–Crippen LogP) is 2.78. The summed E-state index contributed by atoms with van der Waals surface area (Å²) in [5, 5.41) is 19.9. The van der Waals surface area contributed by atoms with E-state index >= 15 is 0 Å². The largest absolute Gasteiger partial charge is 0.507 e. The standard InChI is InChI=1S/C7H7NO2.C4H8/c9-7-4-2-1-3-6(7)5-8-10;1-4(2)3/h1-5,9-10H;1H2,2-3H3. The number of rotatable bonds is 1. The van der Waals surface area contributed by atoms with E-state index in [0.29, 0.717) is 5.56 Å². The van der Waals surface area contributed by atoms with Crippen LogP contribution in [0.15, 0.2) is 41.6 Å². The first-order valence-electron chi connectivity index (χ1n) is 4.15. The van der Waals surface area contributed by atoms with E-state index in [2.05, 4.69) is 11.7 Å². The third-order valence-corrected chi connectivity index (χ3v) is 1.13.